The first-order valence-electron chi connectivity index (χ1n) is 4.79. The monoisotopic (exact) mass is 285 g/mol. The molecule has 0 aliphatic heterocycles. The summed E-state index contributed by atoms with van der Waals surface area (Å²) >= 11 is 13.0. The molecule has 5 heteroatoms. The molecular formula is C12H9Cl2NOS. The van der Waals surface area contributed by atoms with Crippen LogP contribution in [0.5, 0.6) is 11.5 Å². The zero-order valence-corrected chi connectivity index (χ0v) is 11.0. The van der Waals surface area contributed by atoms with Gasteiger partial charge in [0.2, 0.25) is 0 Å². The maximum atomic E-state index is 6.07. The Morgan fingerprint density at radius 2 is 1.71 bits per heavy atom. The second-order valence-electron chi connectivity index (χ2n) is 3.27. The van der Waals surface area contributed by atoms with Crippen LogP contribution >= 0.6 is 35.1 Å². The van der Waals surface area contributed by atoms with E-state index in [1.54, 1.807) is 36.4 Å². The standard InChI is InChI=1S/C12H9Cl2NOS/c13-8-1-3-9(4-2-8)16-12-6-5-10(17-15)7-11(12)14/h1-7H,15H2. The zero-order chi connectivity index (χ0) is 12.3. The highest BCUT2D eigenvalue weighted by Gasteiger charge is 2.04. The summed E-state index contributed by atoms with van der Waals surface area (Å²) in [6.45, 7) is 0. The van der Waals surface area contributed by atoms with E-state index in [-0.39, 0.29) is 0 Å². The highest BCUT2D eigenvalue weighted by Crippen LogP contribution is 2.32. The summed E-state index contributed by atoms with van der Waals surface area (Å²) < 4.78 is 5.62. The molecular weight excluding hydrogens is 277 g/mol. The Morgan fingerprint density at radius 3 is 2.29 bits per heavy atom. The quantitative estimate of drug-likeness (QED) is 0.827. The molecule has 17 heavy (non-hydrogen) atoms. The summed E-state index contributed by atoms with van der Waals surface area (Å²) in [7, 11) is 0. The normalized spacial score (nSPS) is 10.3. The van der Waals surface area contributed by atoms with E-state index in [0.717, 1.165) is 16.8 Å². The third kappa shape index (κ3) is 3.30. The number of benzene rings is 2. The lowest BCUT2D eigenvalue weighted by Gasteiger charge is -2.08. The van der Waals surface area contributed by atoms with E-state index in [1.165, 1.54) is 0 Å². The van der Waals surface area contributed by atoms with Crippen LogP contribution in [-0.4, -0.2) is 0 Å². The Labute approximate surface area is 114 Å². The molecule has 0 radical (unpaired) electrons. The van der Waals surface area contributed by atoms with Crippen molar-refractivity contribution >= 4 is 35.1 Å². The second-order valence-corrected chi connectivity index (χ2v) is 4.82. The maximum Gasteiger partial charge on any atom is 0.146 e. The van der Waals surface area contributed by atoms with Crippen LogP contribution in [0.25, 0.3) is 0 Å². The van der Waals surface area contributed by atoms with Gasteiger partial charge >= 0.3 is 0 Å². The number of hydrogen-bond donors (Lipinski definition) is 1. The van der Waals surface area contributed by atoms with Crippen molar-refractivity contribution < 1.29 is 4.74 Å². The highest BCUT2D eigenvalue weighted by atomic mass is 35.5. The topological polar surface area (TPSA) is 35.2 Å². The molecule has 2 rings (SSSR count). The Bertz CT molecular complexity index is 516. The van der Waals surface area contributed by atoms with Gasteiger partial charge in [0.15, 0.2) is 0 Å². The molecule has 0 aliphatic rings. The van der Waals surface area contributed by atoms with Crippen molar-refractivity contribution in [1.82, 2.24) is 0 Å². The smallest absolute Gasteiger partial charge is 0.146 e. The van der Waals surface area contributed by atoms with Crippen LogP contribution < -0.4 is 9.88 Å². The lowest BCUT2D eigenvalue weighted by atomic mass is 10.3. The molecule has 0 aliphatic carbocycles. The molecule has 2 aromatic carbocycles. The summed E-state index contributed by atoms with van der Waals surface area (Å²) in [5, 5.41) is 6.63. The van der Waals surface area contributed by atoms with E-state index in [4.69, 9.17) is 33.1 Å². The third-order valence-corrected chi connectivity index (χ3v) is 3.15. The molecule has 0 unspecified atom stereocenters. The van der Waals surface area contributed by atoms with Gasteiger partial charge in [-0.15, -0.1) is 0 Å². The molecule has 2 nitrogen and oxygen atoms in total. The van der Waals surface area contributed by atoms with Crippen molar-refractivity contribution in [2.75, 3.05) is 0 Å². The number of ether oxygens (including phenoxy) is 1. The first-order chi connectivity index (χ1) is 8.19. The number of nitrogens with two attached hydrogens (primary N) is 1. The van der Waals surface area contributed by atoms with Gasteiger partial charge in [-0.25, -0.2) is 0 Å². The van der Waals surface area contributed by atoms with E-state index < -0.39 is 0 Å². The van der Waals surface area contributed by atoms with E-state index in [0.29, 0.717) is 21.5 Å². The van der Waals surface area contributed by atoms with Crippen molar-refractivity contribution in [3.8, 4) is 11.5 Å². The predicted octanol–water partition coefficient (Wildman–Crippen LogP) is 4.75. The minimum Gasteiger partial charge on any atom is -0.456 e. The van der Waals surface area contributed by atoms with Crippen LogP contribution in [0.3, 0.4) is 0 Å². The molecule has 0 fully saturated rings. The van der Waals surface area contributed by atoms with Crippen molar-refractivity contribution in [1.29, 1.82) is 0 Å². The lowest BCUT2D eigenvalue weighted by molar-refractivity contribution is 0.482. The molecule has 0 atom stereocenters. The van der Waals surface area contributed by atoms with E-state index >= 15 is 0 Å². The highest BCUT2D eigenvalue weighted by molar-refractivity contribution is 7.97. The maximum absolute atomic E-state index is 6.07. The summed E-state index contributed by atoms with van der Waals surface area (Å²) in [5.41, 5.74) is 0. The van der Waals surface area contributed by atoms with E-state index in [2.05, 4.69) is 0 Å². The second kappa shape index (κ2) is 5.65. The van der Waals surface area contributed by atoms with Gasteiger partial charge in [0.1, 0.15) is 11.5 Å². The van der Waals surface area contributed by atoms with Crippen LogP contribution in [0.4, 0.5) is 0 Å². The molecule has 0 heterocycles. The van der Waals surface area contributed by atoms with Crippen molar-refractivity contribution in [3.05, 3.63) is 52.5 Å². The zero-order valence-electron chi connectivity index (χ0n) is 8.69. The van der Waals surface area contributed by atoms with Gasteiger partial charge in [-0.05, 0) is 54.4 Å². The predicted molar refractivity (Wildman–Crippen MR) is 73.0 cm³/mol. The molecule has 2 N–H and O–H groups in total. The fourth-order valence-electron chi connectivity index (χ4n) is 1.27. The molecule has 0 aromatic heterocycles. The van der Waals surface area contributed by atoms with Crippen LogP contribution in [0.1, 0.15) is 0 Å². The Morgan fingerprint density at radius 1 is 1.00 bits per heavy atom. The number of hydrogen-bond acceptors (Lipinski definition) is 3. The minimum absolute atomic E-state index is 0.524. The fourth-order valence-corrected chi connectivity index (χ4v) is 2.01. The van der Waals surface area contributed by atoms with Gasteiger partial charge in [-0.1, -0.05) is 23.2 Å². The van der Waals surface area contributed by atoms with Crippen molar-refractivity contribution in [3.63, 3.8) is 0 Å². The summed E-state index contributed by atoms with van der Waals surface area (Å²) in [5.74, 6) is 1.27. The Balaban J connectivity index is 2.21. The molecule has 88 valence electrons. The summed E-state index contributed by atoms with van der Waals surface area (Å²) in [6.07, 6.45) is 0. The van der Waals surface area contributed by atoms with Crippen molar-refractivity contribution in [2.24, 2.45) is 5.14 Å². The number of rotatable bonds is 3. The number of halogens is 2. The van der Waals surface area contributed by atoms with E-state index in [9.17, 15) is 0 Å². The van der Waals surface area contributed by atoms with Crippen LogP contribution in [0.2, 0.25) is 10.0 Å². The van der Waals surface area contributed by atoms with Gasteiger partial charge < -0.3 is 4.74 Å². The van der Waals surface area contributed by atoms with Crippen molar-refractivity contribution in [2.45, 2.75) is 4.90 Å². The summed E-state index contributed by atoms with van der Waals surface area (Å²) in [6, 6.07) is 12.5. The lowest BCUT2D eigenvalue weighted by Crippen LogP contribution is -1.86. The van der Waals surface area contributed by atoms with Crippen LogP contribution in [-0.2, 0) is 0 Å². The first-order valence-corrected chi connectivity index (χ1v) is 6.42. The fraction of sp³-hybridized carbons (Fsp3) is 0. The molecule has 2 aromatic rings. The molecule has 0 saturated heterocycles. The molecule has 0 amide bonds. The van der Waals surface area contributed by atoms with Gasteiger partial charge in [-0.3, -0.25) is 5.14 Å². The van der Waals surface area contributed by atoms with Gasteiger partial charge in [0.25, 0.3) is 0 Å². The van der Waals surface area contributed by atoms with Gasteiger partial charge in [0, 0.05) is 9.92 Å². The molecule has 0 saturated carbocycles. The molecule has 0 bridgehead atoms. The third-order valence-electron chi connectivity index (χ3n) is 2.08. The van der Waals surface area contributed by atoms with Gasteiger partial charge in [0.05, 0.1) is 5.02 Å². The average Bonchev–Trinajstić information content (AvgIpc) is 2.34. The summed E-state index contributed by atoms with van der Waals surface area (Å²) in [4.78, 5) is 0.887. The van der Waals surface area contributed by atoms with E-state index in [1.807, 2.05) is 6.07 Å². The molecule has 0 spiro atoms. The minimum atomic E-state index is 0.524. The average molecular weight is 286 g/mol. The first kappa shape index (κ1) is 12.6. The Kier molecular flexibility index (Phi) is 4.18. The van der Waals surface area contributed by atoms with Crippen LogP contribution in [0, 0.1) is 0 Å². The largest absolute Gasteiger partial charge is 0.456 e. The van der Waals surface area contributed by atoms with Crippen LogP contribution in [0.15, 0.2) is 47.4 Å². The Hall–Kier alpha value is -0.870. The van der Waals surface area contributed by atoms with Gasteiger partial charge in [-0.2, -0.15) is 0 Å². The SMILES string of the molecule is NSc1ccc(Oc2ccc(Cl)cc2)c(Cl)c1.